The van der Waals surface area contributed by atoms with Crippen molar-refractivity contribution in [1.82, 2.24) is 0 Å². The van der Waals surface area contributed by atoms with Crippen LogP contribution in [0.1, 0.15) is 98.8 Å². The van der Waals surface area contributed by atoms with Crippen molar-refractivity contribution in [2.75, 3.05) is 0 Å². The van der Waals surface area contributed by atoms with Gasteiger partial charge >= 0.3 is 0 Å². The van der Waals surface area contributed by atoms with Gasteiger partial charge in [0.1, 0.15) is 5.60 Å². The van der Waals surface area contributed by atoms with Crippen molar-refractivity contribution in [3.63, 3.8) is 0 Å². The molecule has 0 saturated heterocycles. The van der Waals surface area contributed by atoms with E-state index in [9.17, 15) is 10.4 Å². The minimum atomic E-state index is -0.629. The molecule has 0 unspecified atom stereocenters. The lowest BCUT2D eigenvalue weighted by atomic mass is 9.47. The molecule has 0 aromatic carbocycles. The molecule has 0 heterocycles. The van der Waals surface area contributed by atoms with Gasteiger partial charge in [-0.25, -0.2) is 4.89 Å². The molecule has 3 saturated carbocycles. The summed E-state index contributed by atoms with van der Waals surface area (Å²) >= 11 is 0. The molecular weight excluding hydrogens is 396 g/mol. The molecule has 0 radical (unpaired) electrons. The first kappa shape index (κ1) is 24.5. The van der Waals surface area contributed by atoms with Crippen molar-refractivity contribution >= 4 is 0 Å². The molecule has 0 spiro atoms. The maximum absolute atomic E-state index is 10.3. The number of rotatable bonds is 7. The van der Waals surface area contributed by atoms with E-state index in [0.717, 1.165) is 49.4 Å². The minimum Gasteiger partial charge on any atom is -0.393 e. The highest BCUT2D eigenvalue weighted by Crippen LogP contribution is 2.67. The summed E-state index contributed by atoms with van der Waals surface area (Å²) < 4.78 is 0. The third-order valence-corrected chi connectivity index (χ3v) is 11.3. The summed E-state index contributed by atoms with van der Waals surface area (Å²) in [6.07, 6.45) is 15.9. The third kappa shape index (κ3) is 3.75. The van der Waals surface area contributed by atoms with Crippen molar-refractivity contribution in [2.45, 2.75) is 111 Å². The molecule has 2 N–H and O–H groups in total. The number of aliphatic hydroxyl groups is 1. The summed E-state index contributed by atoms with van der Waals surface area (Å²) in [5, 5.41) is 19.9. The highest BCUT2D eigenvalue weighted by atomic mass is 17.1. The first-order valence-corrected chi connectivity index (χ1v) is 13.4. The van der Waals surface area contributed by atoms with Gasteiger partial charge in [0.15, 0.2) is 0 Å². The first-order chi connectivity index (χ1) is 15.1. The van der Waals surface area contributed by atoms with Crippen LogP contribution in [0, 0.1) is 46.3 Å². The van der Waals surface area contributed by atoms with Crippen molar-refractivity contribution in [1.29, 1.82) is 0 Å². The van der Waals surface area contributed by atoms with Gasteiger partial charge in [-0.05, 0) is 111 Å². The predicted molar refractivity (Wildman–Crippen MR) is 131 cm³/mol. The van der Waals surface area contributed by atoms with Crippen LogP contribution in [-0.2, 0) is 4.89 Å². The van der Waals surface area contributed by atoms with Gasteiger partial charge < -0.3 is 5.11 Å². The van der Waals surface area contributed by atoms with Crippen LogP contribution in [0.3, 0.4) is 0 Å². The van der Waals surface area contributed by atoms with E-state index in [0.29, 0.717) is 16.7 Å². The van der Waals surface area contributed by atoms with Crippen molar-refractivity contribution < 1.29 is 15.3 Å². The van der Waals surface area contributed by atoms with Gasteiger partial charge in [-0.3, -0.25) is 5.26 Å². The summed E-state index contributed by atoms with van der Waals surface area (Å²) in [5.41, 5.74) is 1.70. The average molecular weight is 445 g/mol. The summed E-state index contributed by atoms with van der Waals surface area (Å²) in [5.74, 6) is 4.05. The topological polar surface area (TPSA) is 49.7 Å². The van der Waals surface area contributed by atoms with Gasteiger partial charge in [-0.1, -0.05) is 52.3 Å². The van der Waals surface area contributed by atoms with Crippen LogP contribution in [0.2, 0.25) is 0 Å². The SMILES string of the molecule is C=C[C@](CC[C@@H](C)[C@H]1CC[C@H]2[C@@H]3CC=C4C[C@@H](O)CC[C@]4(C)[C@H]3CC[C@]12C)(OO)C(C)C. The number of fused-ring (bicyclic) bond motifs is 5. The zero-order chi connectivity index (χ0) is 23.3. The number of allylic oxidation sites excluding steroid dienone is 1. The van der Waals surface area contributed by atoms with E-state index in [1.807, 2.05) is 6.08 Å². The Bertz CT molecular complexity index is 728. The van der Waals surface area contributed by atoms with Crippen molar-refractivity contribution in [2.24, 2.45) is 46.3 Å². The van der Waals surface area contributed by atoms with E-state index in [2.05, 4.69) is 47.3 Å². The second-order valence-corrected chi connectivity index (χ2v) is 12.8. The molecule has 0 aromatic rings. The van der Waals surface area contributed by atoms with Gasteiger partial charge in [0, 0.05) is 0 Å². The van der Waals surface area contributed by atoms with Crippen LogP contribution in [-0.4, -0.2) is 22.1 Å². The summed E-state index contributed by atoms with van der Waals surface area (Å²) in [7, 11) is 0. The smallest absolute Gasteiger partial charge is 0.123 e. The van der Waals surface area contributed by atoms with E-state index in [-0.39, 0.29) is 12.0 Å². The lowest BCUT2D eigenvalue weighted by Crippen LogP contribution is -2.50. The van der Waals surface area contributed by atoms with Gasteiger partial charge in [0.25, 0.3) is 0 Å². The second kappa shape index (κ2) is 8.86. The average Bonchev–Trinajstić information content (AvgIpc) is 3.12. The monoisotopic (exact) mass is 444 g/mol. The molecule has 0 bridgehead atoms. The fraction of sp³-hybridized carbons (Fsp3) is 0.862. The van der Waals surface area contributed by atoms with Crippen LogP contribution in [0.5, 0.6) is 0 Å². The molecular formula is C29H48O3. The molecule has 32 heavy (non-hydrogen) atoms. The second-order valence-electron chi connectivity index (χ2n) is 12.8. The zero-order valence-corrected chi connectivity index (χ0v) is 21.3. The molecule has 4 rings (SSSR count). The molecule has 9 atom stereocenters. The Morgan fingerprint density at radius 2 is 1.91 bits per heavy atom. The maximum atomic E-state index is 10.3. The maximum Gasteiger partial charge on any atom is 0.123 e. The number of hydrogen-bond donors (Lipinski definition) is 2. The Labute approximate surface area is 196 Å². The summed E-state index contributed by atoms with van der Waals surface area (Å²) in [6, 6.07) is 0. The standard InChI is InChI=1S/C29H48O3/c1-7-29(32-31,19(2)3)17-12-20(4)24-10-11-25-23-9-8-21-18-22(30)13-15-27(21,5)26(23)14-16-28(24,25)6/h7-8,19-20,22-26,30-31H,1,9-18H2,2-6H3/t20-,22+,23+,24-,25+,26+,27+,28-,29-/m1/s1. The summed E-state index contributed by atoms with van der Waals surface area (Å²) in [6.45, 7) is 15.7. The molecule has 4 aliphatic carbocycles. The predicted octanol–water partition coefficient (Wildman–Crippen LogP) is 7.41. The normalized spacial score (nSPS) is 44.1. The van der Waals surface area contributed by atoms with E-state index < -0.39 is 5.60 Å². The van der Waals surface area contributed by atoms with Crippen molar-refractivity contribution in [3.05, 3.63) is 24.3 Å². The Balaban J connectivity index is 1.49. The lowest BCUT2D eigenvalue weighted by Gasteiger charge is -2.58. The molecule has 0 aromatic heterocycles. The van der Waals surface area contributed by atoms with E-state index >= 15 is 0 Å². The van der Waals surface area contributed by atoms with Crippen LogP contribution >= 0.6 is 0 Å². The minimum absolute atomic E-state index is 0.118. The lowest BCUT2D eigenvalue weighted by molar-refractivity contribution is -0.321. The van der Waals surface area contributed by atoms with E-state index in [4.69, 9.17) is 4.89 Å². The Morgan fingerprint density at radius 3 is 2.56 bits per heavy atom. The first-order valence-electron chi connectivity index (χ1n) is 13.4. The number of hydrogen-bond acceptors (Lipinski definition) is 3. The highest BCUT2D eigenvalue weighted by Gasteiger charge is 2.59. The van der Waals surface area contributed by atoms with Crippen LogP contribution in [0.4, 0.5) is 0 Å². The molecule has 0 aliphatic heterocycles. The Kier molecular flexibility index (Phi) is 6.78. The molecule has 3 heteroatoms. The highest BCUT2D eigenvalue weighted by molar-refractivity contribution is 5.25. The molecule has 4 aliphatic rings. The summed E-state index contributed by atoms with van der Waals surface area (Å²) in [4.78, 5) is 4.99. The van der Waals surface area contributed by atoms with E-state index in [1.54, 1.807) is 5.57 Å². The largest absolute Gasteiger partial charge is 0.393 e. The van der Waals surface area contributed by atoms with Crippen LogP contribution < -0.4 is 0 Å². The van der Waals surface area contributed by atoms with Gasteiger partial charge in [-0.15, -0.1) is 6.58 Å². The fourth-order valence-corrected chi connectivity index (χ4v) is 9.09. The van der Waals surface area contributed by atoms with Gasteiger partial charge in [-0.2, -0.15) is 0 Å². The zero-order valence-electron chi connectivity index (χ0n) is 21.3. The van der Waals surface area contributed by atoms with Crippen LogP contribution in [0.15, 0.2) is 24.3 Å². The number of aliphatic hydroxyl groups excluding tert-OH is 1. The molecule has 0 amide bonds. The Hall–Kier alpha value is -0.640. The molecule has 3 nitrogen and oxygen atoms in total. The third-order valence-electron chi connectivity index (χ3n) is 11.3. The molecule has 182 valence electrons. The van der Waals surface area contributed by atoms with Gasteiger partial charge in [0.2, 0.25) is 0 Å². The van der Waals surface area contributed by atoms with Crippen molar-refractivity contribution in [3.8, 4) is 0 Å². The fourth-order valence-electron chi connectivity index (χ4n) is 9.09. The Morgan fingerprint density at radius 1 is 1.16 bits per heavy atom. The molecule has 3 fully saturated rings. The van der Waals surface area contributed by atoms with Crippen LogP contribution in [0.25, 0.3) is 0 Å². The van der Waals surface area contributed by atoms with E-state index in [1.165, 1.54) is 38.5 Å². The van der Waals surface area contributed by atoms with Gasteiger partial charge in [0.05, 0.1) is 6.10 Å². The quantitative estimate of drug-likeness (QED) is 0.244.